The van der Waals surface area contributed by atoms with E-state index in [4.69, 9.17) is 11.6 Å². The third-order valence-electron chi connectivity index (χ3n) is 2.96. The first kappa shape index (κ1) is 11.8. The molecule has 0 spiro atoms. The van der Waals surface area contributed by atoms with Crippen molar-refractivity contribution in [3.05, 3.63) is 23.0 Å². The predicted octanol–water partition coefficient (Wildman–Crippen LogP) is 1.52. The van der Waals surface area contributed by atoms with Gasteiger partial charge in [0, 0.05) is 12.6 Å². The van der Waals surface area contributed by atoms with E-state index < -0.39 is 0 Å². The number of hydrogen-bond donors (Lipinski definition) is 2. The molecule has 5 heteroatoms. The highest BCUT2D eigenvalue weighted by molar-refractivity contribution is 6.29. The third kappa shape index (κ3) is 3.40. The van der Waals surface area contributed by atoms with Gasteiger partial charge < -0.3 is 10.4 Å². The summed E-state index contributed by atoms with van der Waals surface area (Å²) in [6.45, 7) is 0.713. The largest absolute Gasteiger partial charge is 0.393 e. The van der Waals surface area contributed by atoms with Crippen LogP contribution in [0, 0.1) is 0 Å². The maximum Gasteiger partial charge on any atom is 0.151 e. The van der Waals surface area contributed by atoms with Crippen molar-refractivity contribution in [2.24, 2.45) is 0 Å². The van der Waals surface area contributed by atoms with Gasteiger partial charge >= 0.3 is 0 Å². The molecule has 0 atom stereocenters. The number of aromatic nitrogens is 2. The third-order valence-corrected chi connectivity index (χ3v) is 3.16. The van der Waals surface area contributed by atoms with Crippen molar-refractivity contribution in [3.63, 3.8) is 0 Å². The van der Waals surface area contributed by atoms with Crippen LogP contribution in [0.5, 0.6) is 0 Å². The van der Waals surface area contributed by atoms with Gasteiger partial charge in [0.25, 0.3) is 0 Å². The average Bonchev–Trinajstić information content (AvgIpc) is 2.30. The molecular weight excluding hydrogens is 226 g/mol. The van der Waals surface area contributed by atoms with E-state index in [1.165, 1.54) is 0 Å². The Kier molecular flexibility index (Phi) is 4.09. The van der Waals surface area contributed by atoms with E-state index in [0.29, 0.717) is 17.7 Å². The van der Waals surface area contributed by atoms with Crippen LogP contribution >= 0.6 is 11.6 Å². The molecule has 0 radical (unpaired) electrons. The van der Waals surface area contributed by atoms with Crippen molar-refractivity contribution in [2.45, 2.75) is 44.4 Å². The molecule has 1 fully saturated rings. The van der Waals surface area contributed by atoms with Gasteiger partial charge in [-0.25, -0.2) is 0 Å². The lowest BCUT2D eigenvalue weighted by Gasteiger charge is -2.26. The monoisotopic (exact) mass is 241 g/mol. The molecule has 0 aliphatic heterocycles. The Morgan fingerprint density at radius 2 is 2.00 bits per heavy atom. The summed E-state index contributed by atoms with van der Waals surface area (Å²) in [7, 11) is 0. The summed E-state index contributed by atoms with van der Waals surface area (Å²) in [6.07, 6.45) is 3.74. The Bertz CT molecular complexity index is 323. The fourth-order valence-corrected chi connectivity index (χ4v) is 2.07. The molecule has 0 amide bonds. The van der Waals surface area contributed by atoms with Crippen molar-refractivity contribution in [1.29, 1.82) is 0 Å². The van der Waals surface area contributed by atoms with Crippen LogP contribution in [0.25, 0.3) is 0 Å². The topological polar surface area (TPSA) is 58.0 Å². The molecule has 1 aromatic rings. The van der Waals surface area contributed by atoms with E-state index >= 15 is 0 Å². The van der Waals surface area contributed by atoms with Gasteiger partial charge in [0.05, 0.1) is 11.8 Å². The van der Waals surface area contributed by atoms with E-state index in [1.807, 2.05) is 6.07 Å². The summed E-state index contributed by atoms with van der Waals surface area (Å²) in [4.78, 5) is 0. The smallest absolute Gasteiger partial charge is 0.151 e. The maximum atomic E-state index is 9.38. The Hall–Kier alpha value is -0.710. The molecule has 2 rings (SSSR count). The quantitative estimate of drug-likeness (QED) is 0.843. The summed E-state index contributed by atoms with van der Waals surface area (Å²) in [5, 5.41) is 21.0. The Labute approximate surface area is 100 Å². The molecule has 1 saturated carbocycles. The maximum absolute atomic E-state index is 9.38. The highest BCUT2D eigenvalue weighted by atomic mass is 35.5. The Morgan fingerprint density at radius 3 is 2.62 bits per heavy atom. The van der Waals surface area contributed by atoms with E-state index in [2.05, 4.69) is 15.5 Å². The average molecular weight is 242 g/mol. The molecule has 0 unspecified atom stereocenters. The van der Waals surface area contributed by atoms with Gasteiger partial charge in [-0.3, -0.25) is 0 Å². The van der Waals surface area contributed by atoms with E-state index in [0.717, 1.165) is 31.4 Å². The van der Waals surface area contributed by atoms with Crippen LogP contribution in [0.15, 0.2) is 12.1 Å². The molecule has 4 nitrogen and oxygen atoms in total. The van der Waals surface area contributed by atoms with Gasteiger partial charge in [-0.1, -0.05) is 11.6 Å². The molecular formula is C11H16ClN3O. The van der Waals surface area contributed by atoms with Crippen LogP contribution in [0.2, 0.25) is 5.15 Å². The van der Waals surface area contributed by atoms with Crippen LogP contribution < -0.4 is 5.32 Å². The molecule has 16 heavy (non-hydrogen) atoms. The molecule has 88 valence electrons. The minimum Gasteiger partial charge on any atom is -0.393 e. The molecule has 1 heterocycles. The number of aliphatic hydroxyl groups excluding tert-OH is 1. The second-order valence-corrected chi connectivity index (χ2v) is 4.62. The van der Waals surface area contributed by atoms with E-state index in [9.17, 15) is 5.11 Å². The second kappa shape index (κ2) is 5.57. The summed E-state index contributed by atoms with van der Waals surface area (Å²) in [5.41, 5.74) is 0.899. The zero-order valence-corrected chi connectivity index (χ0v) is 9.82. The zero-order chi connectivity index (χ0) is 11.4. The number of nitrogens with zero attached hydrogens (tertiary/aromatic N) is 2. The minimum atomic E-state index is -0.103. The van der Waals surface area contributed by atoms with Crippen LogP contribution in [0.3, 0.4) is 0 Å². The normalized spacial score (nSPS) is 25.6. The lowest BCUT2D eigenvalue weighted by molar-refractivity contribution is 0.116. The Morgan fingerprint density at radius 1 is 1.25 bits per heavy atom. The van der Waals surface area contributed by atoms with Gasteiger partial charge in [-0.05, 0) is 37.8 Å². The molecule has 0 bridgehead atoms. The standard InChI is InChI=1S/C11H16ClN3O/c12-11-6-3-9(14-15-11)7-13-8-1-4-10(16)5-2-8/h3,6,8,10,13,16H,1-2,4-5,7H2. The van der Waals surface area contributed by atoms with E-state index in [-0.39, 0.29) is 6.10 Å². The zero-order valence-electron chi connectivity index (χ0n) is 9.06. The second-order valence-electron chi connectivity index (χ2n) is 4.23. The van der Waals surface area contributed by atoms with Crippen molar-refractivity contribution in [3.8, 4) is 0 Å². The first-order valence-corrected chi connectivity index (χ1v) is 6.01. The van der Waals surface area contributed by atoms with Crippen LogP contribution in [0.4, 0.5) is 0 Å². The number of aliphatic hydroxyl groups is 1. The molecule has 1 aromatic heterocycles. The van der Waals surface area contributed by atoms with Crippen LogP contribution in [-0.4, -0.2) is 27.4 Å². The van der Waals surface area contributed by atoms with Crippen molar-refractivity contribution < 1.29 is 5.11 Å². The van der Waals surface area contributed by atoms with Crippen molar-refractivity contribution in [2.75, 3.05) is 0 Å². The summed E-state index contributed by atoms with van der Waals surface area (Å²) >= 11 is 5.65. The van der Waals surface area contributed by atoms with Crippen molar-refractivity contribution >= 4 is 11.6 Å². The molecule has 0 saturated heterocycles. The molecule has 1 aliphatic carbocycles. The molecule has 2 N–H and O–H groups in total. The summed E-state index contributed by atoms with van der Waals surface area (Å²) in [6, 6.07) is 4.11. The number of nitrogens with one attached hydrogen (secondary N) is 1. The fourth-order valence-electron chi connectivity index (χ4n) is 1.97. The molecule has 1 aliphatic rings. The van der Waals surface area contributed by atoms with Gasteiger partial charge in [0.1, 0.15) is 0 Å². The number of rotatable bonds is 3. The van der Waals surface area contributed by atoms with Crippen LogP contribution in [0.1, 0.15) is 31.4 Å². The van der Waals surface area contributed by atoms with E-state index in [1.54, 1.807) is 6.07 Å². The highest BCUT2D eigenvalue weighted by Crippen LogP contribution is 2.18. The van der Waals surface area contributed by atoms with Gasteiger partial charge in [0.15, 0.2) is 5.15 Å². The van der Waals surface area contributed by atoms with Crippen LogP contribution in [-0.2, 0) is 6.54 Å². The lowest BCUT2D eigenvalue weighted by atomic mass is 9.93. The van der Waals surface area contributed by atoms with Gasteiger partial charge in [-0.15, -0.1) is 5.10 Å². The predicted molar refractivity (Wildman–Crippen MR) is 62.1 cm³/mol. The minimum absolute atomic E-state index is 0.103. The number of hydrogen-bond acceptors (Lipinski definition) is 4. The first-order valence-electron chi connectivity index (χ1n) is 5.63. The number of halogens is 1. The summed E-state index contributed by atoms with van der Waals surface area (Å²) < 4.78 is 0. The fraction of sp³-hybridized carbons (Fsp3) is 0.636. The first-order chi connectivity index (χ1) is 7.74. The Balaban J connectivity index is 1.77. The molecule has 0 aromatic carbocycles. The highest BCUT2D eigenvalue weighted by Gasteiger charge is 2.18. The van der Waals surface area contributed by atoms with Gasteiger partial charge in [0.2, 0.25) is 0 Å². The van der Waals surface area contributed by atoms with Crippen molar-refractivity contribution in [1.82, 2.24) is 15.5 Å². The van der Waals surface area contributed by atoms with Gasteiger partial charge in [-0.2, -0.15) is 5.10 Å². The SMILES string of the molecule is OC1CCC(NCc2ccc(Cl)nn2)CC1. The lowest BCUT2D eigenvalue weighted by Crippen LogP contribution is -2.34. The summed E-state index contributed by atoms with van der Waals surface area (Å²) in [5.74, 6) is 0.